The Morgan fingerprint density at radius 1 is 1.00 bits per heavy atom. The molecule has 34 heavy (non-hydrogen) atoms. The van der Waals surface area contributed by atoms with Crippen molar-refractivity contribution in [2.24, 2.45) is 5.92 Å². The number of para-hydroxylation sites is 2. The Balaban J connectivity index is 1.05. The molecule has 0 aliphatic carbocycles. The number of rotatable bonds is 6. The fourth-order valence-electron chi connectivity index (χ4n) is 4.44. The fourth-order valence-corrected chi connectivity index (χ4v) is 4.44. The minimum absolute atomic E-state index is 0.00307. The monoisotopic (exact) mass is 467 g/mol. The van der Waals surface area contributed by atoms with Gasteiger partial charge in [-0.15, -0.1) is 0 Å². The normalized spacial score (nSPS) is 19.5. The summed E-state index contributed by atoms with van der Waals surface area (Å²) in [5, 5.41) is 2.97. The van der Waals surface area contributed by atoms with Crippen molar-refractivity contribution in [1.82, 2.24) is 9.80 Å². The van der Waals surface area contributed by atoms with Crippen LogP contribution < -0.4 is 24.3 Å². The summed E-state index contributed by atoms with van der Waals surface area (Å²) in [6, 6.07) is 12.9. The number of piperidine rings is 1. The lowest BCUT2D eigenvalue weighted by atomic mass is 9.95. The third kappa shape index (κ3) is 5.04. The standard InChI is InChI=1S/C25H29N3O6/c1-27(13-19-15-31-20-4-2-3-5-22(20)34-19)24(29)14-28-10-8-17(9-11-28)25(30)26-18-6-7-21-23(12-18)33-16-32-21/h2-7,12,17,19H,8-11,13-16H2,1H3,(H,26,30)/t19-/m0/s1. The molecule has 5 rings (SSSR count). The Morgan fingerprint density at radius 2 is 1.74 bits per heavy atom. The zero-order valence-corrected chi connectivity index (χ0v) is 19.2. The van der Waals surface area contributed by atoms with Gasteiger partial charge < -0.3 is 29.2 Å². The summed E-state index contributed by atoms with van der Waals surface area (Å²) in [5.41, 5.74) is 0.699. The van der Waals surface area contributed by atoms with Gasteiger partial charge in [-0.05, 0) is 50.2 Å². The number of benzene rings is 2. The number of nitrogens with zero attached hydrogens (tertiary/aromatic N) is 2. The van der Waals surface area contributed by atoms with E-state index >= 15 is 0 Å². The van der Waals surface area contributed by atoms with E-state index in [1.807, 2.05) is 30.3 Å². The van der Waals surface area contributed by atoms with Gasteiger partial charge in [0.15, 0.2) is 29.1 Å². The molecule has 2 aromatic carbocycles. The van der Waals surface area contributed by atoms with Crippen molar-refractivity contribution >= 4 is 17.5 Å². The zero-order valence-electron chi connectivity index (χ0n) is 19.2. The molecule has 9 heteroatoms. The van der Waals surface area contributed by atoms with E-state index in [0.29, 0.717) is 68.6 Å². The summed E-state index contributed by atoms with van der Waals surface area (Å²) in [5.74, 6) is 2.72. The highest BCUT2D eigenvalue weighted by Crippen LogP contribution is 2.34. The third-order valence-corrected chi connectivity index (χ3v) is 6.43. The predicted molar refractivity (Wildman–Crippen MR) is 124 cm³/mol. The first-order valence-electron chi connectivity index (χ1n) is 11.6. The van der Waals surface area contributed by atoms with Crippen molar-refractivity contribution in [1.29, 1.82) is 0 Å². The number of fused-ring (bicyclic) bond motifs is 2. The number of ether oxygens (including phenoxy) is 4. The first-order chi connectivity index (χ1) is 16.5. The van der Waals surface area contributed by atoms with Crippen LogP contribution in [0.25, 0.3) is 0 Å². The number of nitrogens with one attached hydrogen (secondary N) is 1. The lowest BCUT2D eigenvalue weighted by molar-refractivity contribution is -0.133. The van der Waals surface area contributed by atoms with E-state index < -0.39 is 0 Å². The topological polar surface area (TPSA) is 89.6 Å². The van der Waals surface area contributed by atoms with Crippen LogP contribution in [0.5, 0.6) is 23.0 Å². The van der Waals surface area contributed by atoms with Crippen LogP contribution in [0.15, 0.2) is 42.5 Å². The van der Waals surface area contributed by atoms with Gasteiger partial charge in [0.25, 0.3) is 0 Å². The second-order valence-electron chi connectivity index (χ2n) is 8.88. The Morgan fingerprint density at radius 3 is 2.56 bits per heavy atom. The minimum Gasteiger partial charge on any atom is -0.486 e. The average molecular weight is 468 g/mol. The van der Waals surface area contributed by atoms with Crippen molar-refractivity contribution in [2.75, 3.05) is 51.9 Å². The van der Waals surface area contributed by atoms with Crippen LogP contribution in [-0.4, -0.2) is 74.3 Å². The van der Waals surface area contributed by atoms with E-state index in [2.05, 4.69) is 10.2 Å². The number of likely N-dealkylation sites (N-methyl/N-ethyl adjacent to an activating group) is 1. The molecule has 3 heterocycles. The highest BCUT2D eigenvalue weighted by molar-refractivity contribution is 5.93. The van der Waals surface area contributed by atoms with Crippen LogP contribution >= 0.6 is 0 Å². The van der Waals surface area contributed by atoms with Crippen LogP contribution in [0, 0.1) is 5.92 Å². The van der Waals surface area contributed by atoms with E-state index in [1.165, 1.54) is 0 Å². The molecule has 0 spiro atoms. The summed E-state index contributed by atoms with van der Waals surface area (Å²) in [6.45, 7) is 2.82. The van der Waals surface area contributed by atoms with Crippen molar-refractivity contribution < 1.29 is 28.5 Å². The molecule has 1 atom stereocenters. The molecule has 0 bridgehead atoms. The molecule has 1 N–H and O–H groups in total. The molecular formula is C25H29N3O6. The van der Waals surface area contributed by atoms with Gasteiger partial charge >= 0.3 is 0 Å². The predicted octanol–water partition coefficient (Wildman–Crippen LogP) is 2.36. The molecule has 3 aliphatic heterocycles. The number of hydrogen-bond donors (Lipinski definition) is 1. The molecule has 0 saturated carbocycles. The summed E-state index contributed by atoms with van der Waals surface area (Å²) in [6.07, 6.45) is 1.22. The van der Waals surface area contributed by atoms with Crippen molar-refractivity contribution in [2.45, 2.75) is 18.9 Å². The highest BCUT2D eigenvalue weighted by Gasteiger charge is 2.28. The maximum Gasteiger partial charge on any atom is 0.236 e. The largest absolute Gasteiger partial charge is 0.486 e. The van der Waals surface area contributed by atoms with Gasteiger partial charge in [0.2, 0.25) is 18.6 Å². The molecule has 1 fully saturated rings. The van der Waals surface area contributed by atoms with Crippen molar-refractivity contribution in [3.63, 3.8) is 0 Å². The van der Waals surface area contributed by atoms with E-state index in [0.717, 1.165) is 5.75 Å². The summed E-state index contributed by atoms with van der Waals surface area (Å²) in [7, 11) is 1.79. The smallest absolute Gasteiger partial charge is 0.236 e. The second kappa shape index (κ2) is 9.80. The molecule has 180 valence electrons. The number of carbonyl (C=O) groups is 2. The minimum atomic E-state index is -0.200. The third-order valence-electron chi connectivity index (χ3n) is 6.43. The van der Waals surface area contributed by atoms with Crippen LogP contribution in [0.2, 0.25) is 0 Å². The maximum atomic E-state index is 12.8. The van der Waals surface area contributed by atoms with Crippen molar-refractivity contribution in [3.8, 4) is 23.0 Å². The second-order valence-corrected chi connectivity index (χ2v) is 8.88. The summed E-state index contributed by atoms with van der Waals surface area (Å²) in [4.78, 5) is 29.3. The summed E-state index contributed by atoms with van der Waals surface area (Å²) >= 11 is 0. The Hall–Kier alpha value is -3.46. The number of likely N-dealkylation sites (tertiary alicyclic amines) is 1. The quantitative estimate of drug-likeness (QED) is 0.698. The van der Waals surface area contributed by atoms with Gasteiger partial charge in [0.05, 0.1) is 13.1 Å². The average Bonchev–Trinajstić information content (AvgIpc) is 3.32. The van der Waals surface area contributed by atoms with Gasteiger partial charge in [0.1, 0.15) is 6.61 Å². The van der Waals surface area contributed by atoms with Crippen molar-refractivity contribution in [3.05, 3.63) is 42.5 Å². The molecule has 9 nitrogen and oxygen atoms in total. The molecule has 3 aliphatic rings. The van der Waals surface area contributed by atoms with Crippen LogP contribution in [0.3, 0.4) is 0 Å². The van der Waals surface area contributed by atoms with Gasteiger partial charge in [-0.25, -0.2) is 0 Å². The number of hydrogen-bond acceptors (Lipinski definition) is 7. The number of anilines is 1. The molecule has 0 aromatic heterocycles. The molecular weight excluding hydrogens is 438 g/mol. The van der Waals surface area contributed by atoms with E-state index in [9.17, 15) is 9.59 Å². The Bertz CT molecular complexity index is 1050. The maximum absolute atomic E-state index is 12.8. The molecule has 2 amide bonds. The van der Waals surface area contributed by atoms with Gasteiger partial charge in [0, 0.05) is 24.7 Å². The van der Waals surface area contributed by atoms with Crippen LogP contribution in [-0.2, 0) is 9.59 Å². The number of carbonyl (C=O) groups excluding carboxylic acids is 2. The van der Waals surface area contributed by atoms with Gasteiger partial charge in [-0.1, -0.05) is 12.1 Å². The van der Waals surface area contributed by atoms with E-state index in [1.54, 1.807) is 24.1 Å². The first-order valence-corrected chi connectivity index (χ1v) is 11.6. The first kappa shape index (κ1) is 22.3. The highest BCUT2D eigenvalue weighted by atomic mass is 16.7. The Kier molecular flexibility index (Phi) is 6.44. The molecule has 1 saturated heterocycles. The van der Waals surface area contributed by atoms with E-state index in [4.69, 9.17) is 18.9 Å². The van der Waals surface area contributed by atoms with Gasteiger partial charge in [-0.3, -0.25) is 14.5 Å². The summed E-state index contributed by atoms with van der Waals surface area (Å²) < 4.78 is 22.4. The lowest BCUT2D eigenvalue weighted by Gasteiger charge is -2.33. The van der Waals surface area contributed by atoms with Crippen LogP contribution in [0.4, 0.5) is 5.69 Å². The lowest BCUT2D eigenvalue weighted by Crippen LogP contribution is -2.47. The Labute approximate surface area is 198 Å². The molecule has 2 aromatic rings. The fraction of sp³-hybridized carbons (Fsp3) is 0.440. The number of amides is 2. The zero-order chi connectivity index (χ0) is 23.5. The van der Waals surface area contributed by atoms with Crippen LogP contribution in [0.1, 0.15) is 12.8 Å². The SMILES string of the molecule is CN(C[C@H]1COc2ccccc2O1)C(=O)CN1CCC(C(=O)Nc2ccc3c(c2)OCO3)CC1. The van der Waals surface area contributed by atoms with E-state index in [-0.39, 0.29) is 30.6 Å². The molecule has 0 unspecified atom stereocenters. The molecule has 0 radical (unpaired) electrons. The van der Waals surface area contributed by atoms with Gasteiger partial charge in [-0.2, -0.15) is 0 Å².